The first-order valence-corrected chi connectivity index (χ1v) is 12.0. The number of hydrogen-bond acceptors (Lipinski definition) is 3. The number of hydrogen-bond donors (Lipinski definition) is 1. The third-order valence-corrected chi connectivity index (χ3v) is 5.95. The van der Waals surface area contributed by atoms with Crippen molar-refractivity contribution in [3.05, 3.63) is 82.4 Å². The molecule has 0 heterocycles. The first kappa shape index (κ1) is 26.5. The lowest BCUT2D eigenvalue weighted by Gasteiger charge is -2.19. The molecule has 0 bridgehead atoms. The number of carbonyl (C=O) groups is 1. The van der Waals surface area contributed by atoms with E-state index in [4.69, 9.17) is 26.2 Å². The van der Waals surface area contributed by atoms with Crippen LogP contribution in [-0.2, 0) is 17.6 Å². The summed E-state index contributed by atoms with van der Waals surface area (Å²) in [7, 11) is 0. The van der Waals surface area contributed by atoms with E-state index in [2.05, 4.69) is 0 Å². The van der Waals surface area contributed by atoms with Crippen molar-refractivity contribution in [3.8, 4) is 22.6 Å². The molecule has 0 spiro atoms. The van der Waals surface area contributed by atoms with E-state index in [1.165, 1.54) is 12.1 Å². The second kappa shape index (κ2) is 12.5. The smallest absolute Gasteiger partial charge is 0.303 e. The van der Waals surface area contributed by atoms with E-state index in [1.54, 1.807) is 30.3 Å². The van der Waals surface area contributed by atoms with Gasteiger partial charge in [-0.1, -0.05) is 36.7 Å². The van der Waals surface area contributed by atoms with Gasteiger partial charge in [-0.2, -0.15) is 0 Å². The van der Waals surface area contributed by atoms with Gasteiger partial charge in [-0.3, -0.25) is 4.79 Å². The quantitative estimate of drug-likeness (QED) is 0.275. The van der Waals surface area contributed by atoms with Crippen LogP contribution in [0.15, 0.2) is 60.7 Å². The van der Waals surface area contributed by atoms with Gasteiger partial charge in [0, 0.05) is 29.0 Å². The van der Waals surface area contributed by atoms with E-state index in [1.807, 2.05) is 32.0 Å². The van der Waals surface area contributed by atoms with E-state index in [-0.39, 0.29) is 18.1 Å². The van der Waals surface area contributed by atoms with E-state index < -0.39 is 12.4 Å². The molecule has 0 unspecified atom stereocenters. The second-order valence-corrected chi connectivity index (χ2v) is 8.74. The van der Waals surface area contributed by atoms with Crippen molar-refractivity contribution >= 4 is 17.6 Å². The molecule has 0 aromatic heterocycles. The molecule has 0 saturated carbocycles. The van der Waals surface area contributed by atoms with E-state index in [0.29, 0.717) is 35.8 Å². The Labute approximate surface area is 209 Å². The molecule has 1 atom stereocenters. The fourth-order valence-corrected chi connectivity index (χ4v) is 3.89. The van der Waals surface area contributed by atoms with Crippen LogP contribution >= 0.6 is 11.6 Å². The van der Waals surface area contributed by atoms with Crippen LogP contribution in [0.25, 0.3) is 11.1 Å². The SMILES string of the molecule is CCc1cc(OCC[C@@H](C)Oc2ccc(C(F)F)cc2-c2ccc(Cl)cc2)ccc1CCC(=O)O. The molecule has 0 fully saturated rings. The van der Waals surface area contributed by atoms with Crippen LogP contribution in [0.1, 0.15) is 49.8 Å². The number of rotatable bonds is 12. The fourth-order valence-electron chi connectivity index (χ4n) is 3.77. The third kappa shape index (κ3) is 7.69. The Bertz CT molecular complexity index is 1130. The third-order valence-electron chi connectivity index (χ3n) is 5.70. The number of benzene rings is 3. The standard InChI is InChI=1S/C28H29ClF2O4/c1-3-19-16-24(11-6-20(19)8-13-27(32)33)34-15-14-18(2)35-26-12-7-22(28(30)31)17-25(26)21-4-9-23(29)10-5-21/h4-7,9-12,16-18,28H,3,8,13-15H2,1-2H3,(H,32,33)/t18-/m1/s1. The monoisotopic (exact) mass is 502 g/mol. The normalized spacial score (nSPS) is 11.9. The van der Waals surface area contributed by atoms with Gasteiger partial charge in [0.1, 0.15) is 11.5 Å². The molecule has 1 N–H and O–H groups in total. The van der Waals surface area contributed by atoms with Gasteiger partial charge in [0.15, 0.2) is 0 Å². The molecule has 3 aromatic rings. The molecular formula is C28H29ClF2O4. The number of carboxylic acid groups (broad SMARTS) is 1. The Kier molecular flexibility index (Phi) is 9.49. The van der Waals surface area contributed by atoms with Crippen molar-refractivity contribution in [1.29, 1.82) is 0 Å². The molecule has 4 nitrogen and oxygen atoms in total. The van der Waals surface area contributed by atoms with Crippen LogP contribution in [0.2, 0.25) is 5.02 Å². The van der Waals surface area contributed by atoms with Gasteiger partial charge in [0.25, 0.3) is 6.43 Å². The van der Waals surface area contributed by atoms with E-state index in [9.17, 15) is 13.6 Å². The van der Waals surface area contributed by atoms with Crippen molar-refractivity contribution in [2.75, 3.05) is 6.61 Å². The van der Waals surface area contributed by atoms with Crippen LogP contribution in [0, 0.1) is 0 Å². The molecule has 3 rings (SSSR count). The van der Waals surface area contributed by atoms with Crippen molar-refractivity contribution in [3.63, 3.8) is 0 Å². The maximum Gasteiger partial charge on any atom is 0.303 e. The number of aryl methyl sites for hydroxylation is 2. The van der Waals surface area contributed by atoms with Crippen LogP contribution in [0.5, 0.6) is 11.5 Å². The molecule has 35 heavy (non-hydrogen) atoms. The van der Waals surface area contributed by atoms with Gasteiger partial charge in [-0.05, 0) is 78.9 Å². The maximum atomic E-state index is 13.3. The summed E-state index contributed by atoms with van der Waals surface area (Å²) in [6.07, 6.45) is -0.849. The summed E-state index contributed by atoms with van der Waals surface area (Å²) in [5.41, 5.74) is 3.33. The predicted molar refractivity (Wildman–Crippen MR) is 134 cm³/mol. The highest BCUT2D eigenvalue weighted by Gasteiger charge is 2.15. The predicted octanol–water partition coefficient (Wildman–Crippen LogP) is 7.76. The van der Waals surface area contributed by atoms with Crippen molar-refractivity contribution < 1.29 is 28.2 Å². The van der Waals surface area contributed by atoms with Crippen molar-refractivity contribution in [1.82, 2.24) is 0 Å². The lowest BCUT2D eigenvalue weighted by molar-refractivity contribution is -0.136. The lowest BCUT2D eigenvalue weighted by atomic mass is 10.0. The average Bonchev–Trinajstić information content (AvgIpc) is 2.83. The number of carboxylic acids is 1. The van der Waals surface area contributed by atoms with Gasteiger partial charge < -0.3 is 14.6 Å². The highest BCUT2D eigenvalue weighted by atomic mass is 35.5. The average molecular weight is 503 g/mol. The van der Waals surface area contributed by atoms with Crippen molar-refractivity contribution in [2.45, 2.75) is 52.1 Å². The summed E-state index contributed by atoms with van der Waals surface area (Å²) in [6.45, 7) is 4.34. The highest BCUT2D eigenvalue weighted by molar-refractivity contribution is 6.30. The number of ether oxygens (including phenoxy) is 2. The summed E-state index contributed by atoms with van der Waals surface area (Å²) in [4.78, 5) is 10.9. The van der Waals surface area contributed by atoms with Gasteiger partial charge in [-0.25, -0.2) is 8.78 Å². The van der Waals surface area contributed by atoms with Gasteiger partial charge >= 0.3 is 5.97 Å². The number of alkyl halides is 2. The zero-order chi connectivity index (χ0) is 25.4. The van der Waals surface area contributed by atoms with Crippen LogP contribution in [0.4, 0.5) is 8.78 Å². The molecule has 0 saturated heterocycles. The molecule has 186 valence electrons. The van der Waals surface area contributed by atoms with Gasteiger partial charge in [0.05, 0.1) is 12.7 Å². The maximum absolute atomic E-state index is 13.3. The molecule has 3 aromatic carbocycles. The Morgan fingerprint density at radius 2 is 1.77 bits per heavy atom. The molecule has 0 aliphatic rings. The van der Waals surface area contributed by atoms with Crippen molar-refractivity contribution in [2.24, 2.45) is 0 Å². The Balaban J connectivity index is 1.64. The van der Waals surface area contributed by atoms with Crippen LogP contribution in [0.3, 0.4) is 0 Å². The molecule has 7 heteroatoms. The minimum absolute atomic E-state index is 0.0724. The van der Waals surface area contributed by atoms with E-state index >= 15 is 0 Å². The number of halogens is 3. The number of aliphatic carboxylic acids is 1. The molecule has 0 amide bonds. The second-order valence-electron chi connectivity index (χ2n) is 8.31. The summed E-state index contributed by atoms with van der Waals surface area (Å²) in [5, 5.41) is 9.49. The van der Waals surface area contributed by atoms with Gasteiger partial charge in [0.2, 0.25) is 0 Å². The zero-order valence-corrected chi connectivity index (χ0v) is 20.5. The molecule has 0 aliphatic heterocycles. The van der Waals surface area contributed by atoms with E-state index in [0.717, 1.165) is 28.9 Å². The Hall–Kier alpha value is -3.12. The fraction of sp³-hybridized carbons (Fsp3) is 0.321. The summed E-state index contributed by atoms with van der Waals surface area (Å²) in [5.74, 6) is 0.418. The minimum Gasteiger partial charge on any atom is -0.493 e. The Morgan fingerprint density at radius 1 is 1.03 bits per heavy atom. The first-order valence-electron chi connectivity index (χ1n) is 11.6. The Morgan fingerprint density at radius 3 is 2.43 bits per heavy atom. The van der Waals surface area contributed by atoms with Gasteiger partial charge in [-0.15, -0.1) is 0 Å². The molecule has 0 radical (unpaired) electrons. The summed E-state index contributed by atoms with van der Waals surface area (Å²) in [6, 6.07) is 17.1. The van der Waals surface area contributed by atoms with Crippen LogP contribution in [-0.4, -0.2) is 23.8 Å². The minimum atomic E-state index is -2.58. The zero-order valence-electron chi connectivity index (χ0n) is 19.8. The summed E-state index contributed by atoms with van der Waals surface area (Å²) >= 11 is 5.98. The molecular weight excluding hydrogens is 474 g/mol. The first-order chi connectivity index (χ1) is 16.8. The topological polar surface area (TPSA) is 55.8 Å². The summed E-state index contributed by atoms with van der Waals surface area (Å²) < 4.78 is 38.6. The lowest BCUT2D eigenvalue weighted by Crippen LogP contribution is -2.16. The highest BCUT2D eigenvalue weighted by Crippen LogP contribution is 2.35. The largest absolute Gasteiger partial charge is 0.493 e. The van der Waals surface area contributed by atoms with Crippen LogP contribution < -0.4 is 9.47 Å². The molecule has 0 aliphatic carbocycles.